The van der Waals surface area contributed by atoms with Crippen LogP contribution >= 0.6 is 11.6 Å². The summed E-state index contributed by atoms with van der Waals surface area (Å²) in [5, 5.41) is 9.94. The number of carboxylic acid groups (broad SMARTS) is 1. The molecule has 0 radical (unpaired) electrons. The molecule has 1 fully saturated rings. The largest absolute Gasteiger partial charge is 0.494 e. The van der Waals surface area contributed by atoms with Crippen LogP contribution in [0.1, 0.15) is 39.3 Å². The number of nitrogens with zero attached hydrogens (tertiary/aromatic N) is 4. The Bertz CT molecular complexity index is 2070. The maximum absolute atomic E-state index is 16.2. The molecule has 0 spiro atoms. The van der Waals surface area contributed by atoms with Gasteiger partial charge in [-0.25, -0.2) is 19.2 Å². The van der Waals surface area contributed by atoms with Gasteiger partial charge in [0, 0.05) is 52.9 Å². The molecule has 0 saturated carbocycles. The number of rotatable bonds is 12. The van der Waals surface area contributed by atoms with Crippen LogP contribution < -0.4 is 18.9 Å². The first-order valence-corrected chi connectivity index (χ1v) is 15.6. The van der Waals surface area contributed by atoms with E-state index in [1.165, 1.54) is 49.7 Å². The van der Waals surface area contributed by atoms with Crippen molar-refractivity contribution in [1.29, 1.82) is 0 Å². The summed E-state index contributed by atoms with van der Waals surface area (Å²) in [6.07, 6.45) is 2.70. The molecule has 0 bridgehead atoms. The second-order valence-corrected chi connectivity index (χ2v) is 11.8. The molecule has 0 unspecified atom stereocenters. The molecular weight excluding hydrogens is 669 g/mol. The van der Waals surface area contributed by atoms with Crippen LogP contribution in [0.2, 0.25) is 5.02 Å². The molecule has 254 valence electrons. The van der Waals surface area contributed by atoms with Crippen LogP contribution in [-0.2, 0) is 30.7 Å². The first-order valence-electron chi connectivity index (χ1n) is 15.3. The molecule has 2 aliphatic rings. The summed E-state index contributed by atoms with van der Waals surface area (Å²) in [5.74, 6) is -0.488. The Morgan fingerprint density at radius 3 is 2.71 bits per heavy atom. The number of imidazole rings is 1. The molecule has 15 heteroatoms. The van der Waals surface area contributed by atoms with Gasteiger partial charge in [0.15, 0.2) is 0 Å². The van der Waals surface area contributed by atoms with Gasteiger partial charge in [0.25, 0.3) is 0 Å². The van der Waals surface area contributed by atoms with Crippen LogP contribution in [-0.4, -0.2) is 63.6 Å². The monoisotopic (exact) mass is 696 g/mol. The molecule has 2 aliphatic heterocycles. The minimum Gasteiger partial charge on any atom is -0.494 e. The van der Waals surface area contributed by atoms with Crippen molar-refractivity contribution in [2.75, 3.05) is 20.3 Å². The average Bonchev–Trinajstić information content (AvgIpc) is 3.68. The number of benzene rings is 3. The van der Waals surface area contributed by atoms with E-state index >= 15 is 4.39 Å². The van der Waals surface area contributed by atoms with Crippen molar-refractivity contribution in [2.24, 2.45) is 0 Å². The van der Waals surface area contributed by atoms with E-state index in [0.717, 1.165) is 6.42 Å². The van der Waals surface area contributed by atoms with Gasteiger partial charge >= 0.3 is 18.6 Å². The molecule has 0 amide bonds. The molecule has 4 heterocycles. The van der Waals surface area contributed by atoms with E-state index in [1.807, 2.05) is 4.57 Å². The summed E-state index contributed by atoms with van der Waals surface area (Å²) in [4.78, 5) is 25.3. The number of methoxy groups -OCH3 is 1. The van der Waals surface area contributed by atoms with E-state index in [0.29, 0.717) is 82.5 Å². The van der Waals surface area contributed by atoms with Crippen molar-refractivity contribution in [2.45, 2.75) is 45.1 Å². The van der Waals surface area contributed by atoms with E-state index < -0.39 is 18.4 Å². The Morgan fingerprint density at radius 2 is 1.98 bits per heavy atom. The van der Waals surface area contributed by atoms with Gasteiger partial charge in [0.1, 0.15) is 41.0 Å². The van der Waals surface area contributed by atoms with Gasteiger partial charge in [-0.1, -0.05) is 17.7 Å². The summed E-state index contributed by atoms with van der Waals surface area (Å²) < 4.78 is 71.4. The zero-order valence-electron chi connectivity index (χ0n) is 25.9. The Morgan fingerprint density at radius 1 is 1.14 bits per heavy atom. The highest BCUT2D eigenvalue weighted by molar-refractivity contribution is 6.30. The number of aromatic nitrogens is 4. The molecule has 1 atom stereocenters. The lowest BCUT2D eigenvalue weighted by Gasteiger charge is -2.27. The lowest BCUT2D eigenvalue weighted by Crippen LogP contribution is -2.31. The topological polar surface area (TPSA) is 127 Å². The molecular formula is C34H28ClF3N4O7. The number of hydrogen-bond acceptors (Lipinski definition) is 9. The molecule has 49 heavy (non-hydrogen) atoms. The van der Waals surface area contributed by atoms with E-state index in [1.54, 1.807) is 6.07 Å². The Labute approximate surface area is 282 Å². The highest BCUT2D eigenvalue weighted by atomic mass is 35.5. The van der Waals surface area contributed by atoms with Crippen LogP contribution in [0.3, 0.4) is 0 Å². The maximum Gasteiger partial charge on any atom is 0.387 e. The second kappa shape index (κ2) is 13.4. The molecule has 5 aromatic rings. The van der Waals surface area contributed by atoms with E-state index in [4.69, 9.17) is 35.5 Å². The van der Waals surface area contributed by atoms with Crippen molar-refractivity contribution in [3.05, 3.63) is 87.6 Å². The summed E-state index contributed by atoms with van der Waals surface area (Å²) in [7, 11) is 1.44. The number of hydrogen-bond donors (Lipinski definition) is 1. The Kier molecular flexibility index (Phi) is 8.90. The fraction of sp³-hybridized carbons (Fsp3) is 0.294. The summed E-state index contributed by atoms with van der Waals surface area (Å²) in [6.45, 7) is -1.90. The number of halogens is 4. The zero-order valence-corrected chi connectivity index (χ0v) is 26.7. The highest BCUT2D eigenvalue weighted by Gasteiger charge is 2.29. The van der Waals surface area contributed by atoms with Gasteiger partial charge in [0.05, 0.1) is 43.1 Å². The summed E-state index contributed by atoms with van der Waals surface area (Å²) in [5.41, 5.74) is 3.11. The van der Waals surface area contributed by atoms with E-state index in [-0.39, 0.29) is 41.5 Å². The van der Waals surface area contributed by atoms with Gasteiger partial charge < -0.3 is 33.4 Å². The van der Waals surface area contributed by atoms with Gasteiger partial charge in [-0.15, -0.1) is 0 Å². The molecule has 3 aromatic carbocycles. The zero-order chi connectivity index (χ0) is 34.2. The normalized spacial score (nSPS) is 15.2. The van der Waals surface area contributed by atoms with Crippen molar-refractivity contribution in [3.8, 4) is 34.5 Å². The van der Waals surface area contributed by atoms with Gasteiger partial charge in [0.2, 0.25) is 0 Å². The maximum atomic E-state index is 16.2. The predicted octanol–water partition coefficient (Wildman–Crippen LogP) is 6.49. The standard InChI is InChI=1S/C34H28ClF3N4O7/c1-45-28-11-18(32(43)44)10-26-30(28)41-29(42(26)15-20-5-8-46-20)14-22-21-6-9-47-31(21)23(13-24(22)36)25-4-7-39-34(40-25)48-16-17-2-3-19(35)12-27(17)49-33(37)38/h2-4,7,10-13,20,33H,5-6,8-9,14-16H2,1H3,(H,43,44)/t20-/m0/s1. The minimum absolute atomic E-state index is 0.0414. The molecule has 2 aromatic heterocycles. The number of ether oxygens (including phenoxy) is 5. The van der Waals surface area contributed by atoms with Gasteiger partial charge in [-0.05, 0) is 42.8 Å². The van der Waals surface area contributed by atoms with Gasteiger partial charge in [-0.3, -0.25) is 0 Å². The van der Waals surface area contributed by atoms with Crippen LogP contribution in [0.15, 0.2) is 48.7 Å². The van der Waals surface area contributed by atoms with Crippen molar-refractivity contribution >= 4 is 28.6 Å². The lowest BCUT2D eigenvalue weighted by molar-refractivity contribution is -0.0589. The number of aromatic carboxylic acids is 1. The lowest BCUT2D eigenvalue weighted by atomic mass is 9.96. The van der Waals surface area contributed by atoms with Crippen LogP contribution in [0.5, 0.6) is 23.3 Å². The third-order valence-electron chi connectivity index (χ3n) is 8.43. The molecule has 1 N–H and O–H groups in total. The fourth-order valence-corrected chi connectivity index (χ4v) is 6.15. The van der Waals surface area contributed by atoms with Crippen LogP contribution in [0.4, 0.5) is 13.2 Å². The molecule has 11 nitrogen and oxygen atoms in total. The van der Waals surface area contributed by atoms with Crippen molar-refractivity contribution in [3.63, 3.8) is 0 Å². The van der Waals surface area contributed by atoms with Crippen molar-refractivity contribution < 1.29 is 46.8 Å². The first kappa shape index (κ1) is 32.5. The molecule has 7 rings (SSSR count). The number of carboxylic acids is 1. The van der Waals surface area contributed by atoms with E-state index in [2.05, 4.69) is 14.7 Å². The fourth-order valence-electron chi connectivity index (χ4n) is 5.99. The number of alkyl halides is 2. The minimum atomic E-state index is -3.06. The van der Waals surface area contributed by atoms with Crippen LogP contribution in [0.25, 0.3) is 22.3 Å². The number of fused-ring (bicyclic) bond motifs is 2. The Balaban J connectivity index is 1.21. The number of carbonyl (C=O) groups is 1. The van der Waals surface area contributed by atoms with E-state index in [9.17, 15) is 18.7 Å². The van der Waals surface area contributed by atoms with Gasteiger partial charge in [-0.2, -0.15) is 13.8 Å². The summed E-state index contributed by atoms with van der Waals surface area (Å²) in [6, 6.07) is 10.1. The Hall–Kier alpha value is -5.08. The van der Waals surface area contributed by atoms with Crippen molar-refractivity contribution in [1.82, 2.24) is 19.5 Å². The first-order chi connectivity index (χ1) is 23.7. The SMILES string of the molecule is COc1cc(C(=O)O)cc2c1nc(Cc1c(F)cc(-c3ccnc(OCc4ccc(Cl)cc4OC(F)F)n3)c3c1CCO3)n2C[C@@H]1CCO1. The average molecular weight is 697 g/mol. The van der Waals surface area contributed by atoms with Crippen LogP contribution in [0, 0.1) is 5.82 Å². The second-order valence-electron chi connectivity index (χ2n) is 11.4. The third kappa shape index (κ3) is 6.53. The third-order valence-corrected chi connectivity index (χ3v) is 8.67. The quantitative estimate of drug-likeness (QED) is 0.155. The predicted molar refractivity (Wildman–Crippen MR) is 169 cm³/mol. The smallest absolute Gasteiger partial charge is 0.387 e. The molecule has 0 aliphatic carbocycles. The highest BCUT2D eigenvalue weighted by Crippen LogP contribution is 2.41. The molecule has 1 saturated heterocycles. The summed E-state index contributed by atoms with van der Waals surface area (Å²) >= 11 is 5.94.